The summed E-state index contributed by atoms with van der Waals surface area (Å²) in [5, 5.41) is 4.14. The molecule has 0 aliphatic rings. The highest BCUT2D eigenvalue weighted by atomic mass is 79.9. The van der Waals surface area contributed by atoms with Gasteiger partial charge in [0.05, 0.1) is 22.4 Å². The third-order valence-electron chi connectivity index (χ3n) is 3.32. The second-order valence-corrected chi connectivity index (χ2v) is 5.49. The van der Waals surface area contributed by atoms with Crippen LogP contribution in [0.2, 0.25) is 0 Å². The lowest BCUT2D eigenvalue weighted by Gasteiger charge is -2.12. The molecule has 4 nitrogen and oxygen atoms in total. The molecular weight excluding hydrogens is 342 g/mol. The van der Waals surface area contributed by atoms with E-state index in [2.05, 4.69) is 26.0 Å². The lowest BCUT2D eigenvalue weighted by molar-refractivity contribution is 0.536. The van der Waals surface area contributed by atoms with E-state index >= 15 is 0 Å². The standard InChI is InChI=1S/C14H11BrF2N4/c15-10-1-2-11(16)8(14(10)17)5-12(18)9-6-20-21-4-3-19-7-13(9)21/h1-4,6-7,12H,5,18H2. The van der Waals surface area contributed by atoms with Crippen LogP contribution in [0.4, 0.5) is 8.78 Å². The number of halogens is 3. The van der Waals surface area contributed by atoms with Gasteiger partial charge in [-0.1, -0.05) is 0 Å². The molecule has 3 aromatic rings. The van der Waals surface area contributed by atoms with Gasteiger partial charge in [-0.2, -0.15) is 5.10 Å². The summed E-state index contributed by atoms with van der Waals surface area (Å²) in [5.74, 6) is -1.24. The fraction of sp³-hybridized carbons (Fsp3) is 0.143. The van der Waals surface area contributed by atoms with Crippen molar-refractivity contribution in [1.82, 2.24) is 14.6 Å². The average Bonchev–Trinajstić information content (AvgIpc) is 2.91. The molecule has 2 heterocycles. The van der Waals surface area contributed by atoms with Crippen LogP contribution in [0.25, 0.3) is 5.52 Å². The first-order valence-corrected chi connectivity index (χ1v) is 7.02. The van der Waals surface area contributed by atoms with Crippen molar-refractivity contribution in [2.75, 3.05) is 0 Å². The number of fused-ring (bicyclic) bond motifs is 1. The molecule has 1 unspecified atom stereocenters. The Kier molecular flexibility index (Phi) is 3.69. The van der Waals surface area contributed by atoms with Gasteiger partial charge in [-0.25, -0.2) is 13.3 Å². The zero-order valence-corrected chi connectivity index (χ0v) is 12.4. The fourth-order valence-corrected chi connectivity index (χ4v) is 2.60. The second kappa shape index (κ2) is 5.50. The van der Waals surface area contributed by atoms with Gasteiger partial charge < -0.3 is 5.73 Å². The molecule has 3 rings (SSSR count). The molecule has 0 saturated heterocycles. The van der Waals surface area contributed by atoms with Crippen molar-refractivity contribution in [3.8, 4) is 0 Å². The highest BCUT2D eigenvalue weighted by Crippen LogP contribution is 2.26. The van der Waals surface area contributed by atoms with E-state index in [4.69, 9.17) is 5.73 Å². The summed E-state index contributed by atoms with van der Waals surface area (Å²) < 4.78 is 29.6. The lowest BCUT2D eigenvalue weighted by atomic mass is 10.0. The summed E-state index contributed by atoms with van der Waals surface area (Å²) in [4.78, 5) is 4.01. The summed E-state index contributed by atoms with van der Waals surface area (Å²) in [7, 11) is 0. The fourth-order valence-electron chi connectivity index (χ4n) is 2.22. The summed E-state index contributed by atoms with van der Waals surface area (Å²) in [6.07, 6.45) is 6.54. The zero-order valence-electron chi connectivity index (χ0n) is 10.8. The minimum Gasteiger partial charge on any atom is -0.324 e. The van der Waals surface area contributed by atoms with Crippen molar-refractivity contribution in [1.29, 1.82) is 0 Å². The maximum Gasteiger partial charge on any atom is 0.143 e. The lowest BCUT2D eigenvalue weighted by Crippen LogP contribution is -2.15. The Labute approximate surface area is 127 Å². The van der Waals surface area contributed by atoms with E-state index in [1.54, 1.807) is 29.3 Å². The highest BCUT2D eigenvalue weighted by molar-refractivity contribution is 9.10. The van der Waals surface area contributed by atoms with Crippen molar-refractivity contribution in [3.63, 3.8) is 0 Å². The maximum absolute atomic E-state index is 14.0. The maximum atomic E-state index is 14.0. The van der Waals surface area contributed by atoms with Crippen molar-refractivity contribution in [2.45, 2.75) is 12.5 Å². The Bertz CT molecular complexity index is 803. The van der Waals surface area contributed by atoms with Crippen molar-refractivity contribution in [3.05, 3.63) is 64.2 Å². The van der Waals surface area contributed by atoms with Gasteiger partial charge in [-0.15, -0.1) is 0 Å². The molecular formula is C14H11BrF2N4. The number of aromatic nitrogens is 3. The molecule has 0 aliphatic carbocycles. The molecule has 21 heavy (non-hydrogen) atoms. The molecule has 2 aromatic heterocycles. The van der Waals surface area contributed by atoms with Crippen LogP contribution in [-0.2, 0) is 6.42 Å². The first kappa shape index (κ1) is 14.1. The topological polar surface area (TPSA) is 56.2 Å². The van der Waals surface area contributed by atoms with Crippen LogP contribution in [0.1, 0.15) is 17.2 Å². The normalized spacial score (nSPS) is 12.8. The van der Waals surface area contributed by atoms with Crippen LogP contribution in [0.3, 0.4) is 0 Å². The van der Waals surface area contributed by atoms with E-state index in [0.29, 0.717) is 5.56 Å². The predicted molar refractivity (Wildman–Crippen MR) is 77.7 cm³/mol. The molecule has 0 bridgehead atoms. The highest BCUT2D eigenvalue weighted by Gasteiger charge is 2.19. The zero-order chi connectivity index (χ0) is 15.0. The van der Waals surface area contributed by atoms with Gasteiger partial charge in [0.25, 0.3) is 0 Å². The molecule has 2 N–H and O–H groups in total. The Morgan fingerprint density at radius 1 is 1.29 bits per heavy atom. The van der Waals surface area contributed by atoms with Crippen LogP contribution in [0, 0.1) is 11.6 Å². The Balaban J connectivity index is 1.97. The van der Waals surface area contributed by atoms with Crippen molar-refractivity contribution in [2.24, 2.45) is 5.73 Å². The van der Waals surface area contributed by atoms with E-state index in [-0.39, 0.29) is 16.5 Å². The Morgan fingerprint density at radius 2 is 2.10 bits per heavy atom. The van der Waals surface area contributed by atoms with Crippen LogP contribution in [-0.4, -0.2) is 14.6 Å². The van der Waals surface area contributed by atoms with Gasteiger partial charge in [0, 0.05) is 29.6 Å². The van der Waals surface area contributed by atoms with E-state index in [1.807, 2.05) is 0 Å². The molecule has 0 amide bonds. The van der Waals surface area contributed by atoms with Crippen molar-refractivity contribution >= 4 is 21.4 Å². The van der Waals surface area contributed by atoms with Gasteiger partial charge >= 0.3 is 0 Å². The number of hydrogen-bond donors (Lipinski definition) is 1. The Morgan fingerprint density at radius 3 is 2.90 bits per heavy atom. The van der Waals surface area contributed by atoms with E-state index in [1.165, 1.54) is 12.1 Å². The molecule has 0 fully saturated rings. The monoisotopic (exact) mass is 352 g/mol. The van der Waals surface area contributed by atoms with Crippen molar-refractivity contribution < 1.29 is 8.78 Å². The van der Waals surface area contributed by atoms with Crippen LogP contribution in [0.15, 0.2) is 41.4 Å². The predicted octanol–water partition coefficient (Wildman–Crippen LogP) is 3.01. The number of hydrogen-bond acceptors (Lipinski definition) is 3. The van der Waals surface area contributed by atoms with Crippen LogP contribution >= 0.6 is 15.9 Å². The van der Waals surface area contributed by atoms with Gasteiger partial charge in [-0.05, 0) is 34.5 Å². The van der Waals surface area contributed by atoms with Gasteiger partial charge in [0.15, 0.2) is 0 Å². The third-order valence-corrected chi connectivity index (χ3v) is 3.93. The number of benzene rings is 1. The smallest absolute Gasteiger partial charge is 0.143 e. The molecule has 7 heteroatoms. The first-order valence-electron chi connectivity index (χ1n) is 6.23. The van der Waals surface area contributed by atoms with Crippen LogP contribution < -0.4 is 5.73 Å². The third kappa shape index (κ3) is 2.54. The summed E-state index contributed by atoms with van der Waals surface area (Å²) >= 11 is 3.05. The summed E-state index contributed by atoms with van der Waals surface area (Å²) in [6, 6.07) is 1.97. The molecule has 1 atom stereocenters. The van der Waals surface area contributed by atoms with E-state index < -0.39 is 17.7 Å². The van der Waals surface area contributed by atoms with E-state index in [0.717, 1.165) is 5.52 Å². The SMILES string of the molecule is NC(Cc1c(F)ccc(Br)c1F)c1cnn2ccncc12. The van der Waals surface area contributed by atoms with Gasteiger partial charge in [0.2, 0.25) is 0 Å². The number of nitrogens with zero attached hydrogens (tertiary/aromatic N) is 3. The van der Waals surface area contributed by atoms with Gasteiger partial charge in [0.1, 0.15) is 11.6 Å². The molecule has 0 spiro atoms. The summed E-state index contributed by atoms with van der Waals surface area (Å²) in [5.41, 5.74) is 7.47. The minimum absolute atomic E-state index is 0.0351. The van der Waals surface area contributed by atoms with E-state index in [9.17, 15) is 8.78 Å². The largest absolute Gasteiger partial charge is 0.324 e. The summed E-state index contributed by atoms with van der Waals surface area (Å²) in [6.45, 7) is 0. The van der Waals surface area contributed by atoms with Crippen LogP contribution in [0.5, 0.6) is 0 Å². The molecule has 0 saturated carbocycles. The first-order chi connectivity index (χ1) is 10.1. The number of rotatable bonds is 3. The average molecular weight is 353 g/mol. The Hall–Kier alpha value is -1.86. The van der Waals surface area contributed by atoms with Gasteiger partial charge in [-0.3, -0.25) is 4.98 Å². The molecule has 0 aliphatic heterocycles. The molecule has 108 valence electrons. The molecule has 0 radical (unpaired) electrons. The quantitative estimate of drug-likeness (QED) is 0.737. The molecule has 1 aromatic carbocycles. The number of nitrogens with two attached hydrogens (primary N) is 1. The second-order valence-electron chi connectivity index (χ2n) is 4.64. The minimum atomic E-state index is -0.625.